The molecule has 0 radical (unpaired) electrons. The van der Waals surface area contributed by atoms with Crippen LogP contribution in [0.15, 0.2) is 43.0 Å². The first-order chi connectivity index (χ1) is 9.08. The van der Waals surface area contributed by atoms with Crippen molar-refractivity contribution in [3.63, 3.8) is 0 Å². The fourth-order valence-electron chi connectivity index (χ4n) is 1.99. The highest BCUT2D eigenvalue weighted by Crippen LogP contribution is 2.22. The van der Waals surface area contributed by atoms with Crippen molar-refractivity contribution < 1.29 is 14.6 Å². The van der Waals surface area contributed by atoms with Gasteiger partial charge >= 0.3 is 0 Å². The number of hydrogen-bond acceptors (Lipinski definition) is 3. The van der Waals surface area contributed by atoms with E-state index < -0.39 is 12.2 Å². The van der Waals surface area contributed by atoms with E-state index in [1.807, 2.05) is 44.2 Å². The van der Waals surface area contributed by atoms with Crippen molar-refractivity contribution in [3.8, 4) is 0 Å². The van der Waals surface area contributed by atoms with Crippen molar-refractivity contribution in [3.05, 3.63) is 48.6 Å². The van der Waals surface area contributed by atoms with Gasteiger partial charge in [0.15, 0.2) is 0 Å². The highest BCUT2D eigenvalue weighted by molar-refractivity contribution is 5.19. The van der Waals surface area contributed by atoms with Crippen molar-refractivity contribution in [2.75, 3.05) is 7.11 Å². The van der Waals surface area contributed by atoms with E-state index >= 15 is 0 Å². The second-order valence-corrected chi connectivity index (χ2v) is 4.78. The van der Waals surface area contributed by atoms with Crippen LogP contribution in [0.4, 0.5) is 0 Å². The molecular formula is C16H24O3. The maximum Gasteiger partial charge on any atom is 0.109 e. The predicted molar refractivity (Wildman–Crippen MR) is 77.0 cm³/mol. The monoisotopic (exact) mass is 264 g/mol. The van der Waals surface area contributed by atoms with Crippen LogP contribution in [-0.4, -0.2) is 30.5 Å². The molecule has 3 nitrogen and oxygen atoms in total. The molecule has 3 heteroatoms. The second kappa shape index (κ2) is 8.10. The minimum Gasteiger partial charge on any atom is -0.385 e. The van der Waals surface area contributed by atoms with E-state index in [0.717, 1.165) is 12.0 Å². The fourth-order valence-corrected chi connectivity index (χ4v) is 1.99. The van der Waals surface area contributed by atoms with E-state index in [0.29, 0.717) is 0 Å². The van der Waals surface area contributed by atoms with Crippen molar-refractivity contribution in [2.24, 2.45) is 0 Å². The molecule has 0 aliphatic rings. The van der Waals surface area contributed by atoms with E-state index in [1.165, 1.54) is 0 Å². The quantitative estimate of drug-likeness (QED) is 0.733. The van der Waals surface area contributed by atoms with Crippen LogP contribution in [0.25, 0.3) is 0 Å². The van der Waals surface area contributed by atoms with Gasteiger partial charge in [-0.1, -0.05) is 36.4 Å². The molecule has 0 bridgehead atoms. The molecule has 0 fully saturated rings. The maximum atomic E-state index is 10.3. The Hall–Kier alpha value is -1.16. The Morgan fingerprint density at radius 2 is 1.84 bits per heavy atom. The summed E-state index contributed by atoms with van der Waals surface area (Å²) in [4.78, 5) is 0. The average molecular weight is 264 g/mol. The van der Waals surface area contributed by atoms with Crippen molar-refractivity contribution in [1.29, 1.82) is 0 Å². The highest BCUT2D eigenvalue weighted by atomic mass is 16.5. The molecule has 0 saturated heterocycles. The first kappa shape index (κ1) is 15.9. The lowest BCUT2D eigenvalue weighted by Gasteiger charge is -2.25. The van der Waals surface area contributed by atoms with Gasteiger partial charge in [0.25, 0.3) is 0 Å². The third kappa shape index (κ3) is 5.15. The molecule has 0 saturated carbocycles. The Morgan fingerprint density at radius 3 is 2.37 bits per heavy atom. The van der Waals surface area contributed by atoms with Gasteiger partial charge in [0.1, 0.15) is 12.2 Å². The molecule has 4 atom stereocenters. The molecule has 0 amide bonds. The smallest absolute Gasteiger partial charge is 0.109 e. The van der Waals surface area contributed by atoms with Crippen LogP contribution in [0.2, 0.25) is 0 Å². The number of rotatable bonds is 8. The summed E-state index contributed by atoms with van der Waals surface area (Å²) in [5, 5.41) is 10.3. The molecule has 0 aliphatic heterocycles. The minimum absolute atomic E-state index is 0.00341. The van der Waals surface area contributed by atoms with Crippen molar-refractivity contribution >= 4 is 0 Å². The van der Waals surface area contributed by atoms with Crippen LogP contribution < -0.4 is 0 Å². The van der Waals surface area contributed by atoms with E-state index in [4.69, 9.17) is 9.47 Å². The second-order valence-electron chi connectivity index (χ2n) is 4.78. The van der Waals surface area contributed by atoms with Gasteiger partial charge in [-0.25, -0.2) is 0 Å². The molecule has 19 heavy (non-hydrogen) atoms. The molecule has 1 rings (SSSR count). The Bertz CT molecular complexity index is 364. The van der Waals surface area contributed by atoms with Gasteiger partial charge < -0.3 is 14.6 Å². The molecule has 1 N–H and O–H groups in total. The van der Waals surface area contributed by atoms with Crippen molar-refractivity contribution in [2.45, 2.75) is 44.7 Å². The Balaban J connectivity index is 2.60. The molecule has 0 aliphatic carbocycles. The lowest BCUT2D eigenvalue weighted by atomic mass is 10.0. The topological polar surface area (TPSA) is 38.7 Å². The van der Waals surface area contributed by atoms with Crippen LogP contribution >= 0.6 is 0 Å². The first-order valence-corrected chi connectivity index (χ1v) is 6.62. The third-order valence-corrected chi connectivity index (χ3v) is 3.14. The average Bonchev–Trinajstić information content (AvgIpc) is 2.44. The number of hydrogen-bond donors (Lipinski definition) is 1. The SMILES string of the molecule is C=C[C@H](O[C@H](C)C[C@@H](C)OC)[C@H](O)c1ccccc1. The maximum absolute atomic E-state index is 10.3. The van der Waals surface area contributed by atoms with Crippen LogP contribution in [0.3, 0.4) is 0 Å². The Kier molecular flexibility index (Phi) is 6.78. The number of methoxy groups -OCH3 is 1. The largest absolute Gasteiger partial charge is 0.385 e. The molecule has 1 aromatic rings. The lowest BCUT2D eigenvalue weighted by Crippen LogP contribution is -2.27. The summed E-state index contributed by atoms with van der Waals surface area (Å²) in [5.41, 5.74) is 0.833. The predicted octanol–water partition coefficient (Wildman–Crippen LogP) is 3.10. The summed E-state index contributed by atoms with van der Waals surface area (Å²) in [7, 11) is 1.68. The number of benzene rings is 1. The molecular weight excluding hydrogens is 240 g/mol. The summed E-state index contributed by atoms with van der Waals surface area (Å²) in [6, 6.07) is 9.48. The van der Waals surface area contributed by atoms with Gasteiger partial charge in [-0.15, -0.1) is 6.58 Å². The van der Waals surface area contributed by atoms with Crippen LogP contribution in [0.1, 0.15) is 31.9 Å². The Labute approximate surface area is 115 Å². The summed E-state index contributed by atoms with van der Waals surface area (Å²) in [6.45, 7) is 7.72. The standard InChI is InChI=1S/C16H24O3/c1-5-15(19-13(3)11-12(2)18-4)16(17)14-9-7-6-8-10-14/h5-10,12-13,15-17H,1,11H2,2-4H3/t12-,13-,15+,16-/m1/s1. The normalized spacial score (nSPS) is 17.5. The van der Waals surface area contributed by atoms with Crippen LogP contribution in [-0.2, 0) is 9.47 Å². The van der Waals surface area contributed by atoms with Gasteiger partial charge in [0.2, 0.25) is 0 Å². The molecule has 0 heterocycles. The zero-order valence-electron chi connectivity index (χ0n) is 12.0. The molecule has 0 spiro atoms. The van der Waals surface area contributed by atoms with E-state index in [9.17, 15) is 5.11 Å². The van der Waals surface area contributed by atoms with Crippen LogP contribution in [0.5, 0.6) is 0 Å². The lowest BCUT2D eigenvalue weighted by molar-refractivity contribution is -0.0630. The third-order valence-electron chi connectivity index (χ3n) is 3.14. The van der Waals surface area contributed by atoms with E-state index in [2.05, 4.69) is 6.58 Å². The summed E-state index contributed by atoms with van der Waals surface area (Å²) in [5.74, 6) is 0. The summed E-state index contributed by atoms with van der Waals surface area (Å²) in [6.07, 6.45) is 1.44. The molecule has 106 valence electrons. The van der Waals surface area contributed by atoms with E-state index in [1.54, 1.807) is 13.2 Å². The van der Waals surface area contributed by atoms with Gasteiger partial charge in [0, 0.05) is 7.11 Å². The number of aliphatic hydroxyl groups excluding tert-OH is 1. The fraction of sp³-hybridized carbons (Fsp3) is 0.500. The first-order valence-electron chi connectivity index (χ1n) is 6.62. The van der Waals surface area contributed by atoms with Gasteiger partial charge in [0.05, 0.1) is 12.2 Å². The Morgan fingerprint density at radius 1 is 1.21 bits per heavy atom. The molecule has 0 unspecified atom stereocenters. The summed E-state index contributed by atoms with van der Waals surface area (Å²) >= 11 is 0. The zero-order valence-corrected chi connectivity index (χ0v) is 12.0. The number of aliphatic hydroxyl groups is 1. The van der Waals surface area contributed by atoms with Crippen molar-refractivity contribution in [1.82, 2.24) is 0 Å². The number of ether oxygens (including phenoxy) is 2. The van der Waals surface area contributed by atoms with Gasteiger partial charge in [-0.3, -0.25) is 0 Å². The molecule has 1 aromatic carbocycles. The summed E-state index contributed by atoms with van der Waals surface area (Å²) < 4.78 is 11.1. The molecule has 0 aromatic heterocycles. The van der Waals surface area contributed by atoms with Gasteiger partial charge in [-0.05, 0) is 25.8 Å². The highest BCUT2D eigenvalue weighted by Gasteiger charge is 2.21. The van der Waals surface area contributed by atoms with Gasteiger partial charge in [-0.2, -0.15) is 0 Å². The van der Waals surface area contributed by atoms with Crippen LogP contribution in [0, 0.1) is 0 Å². The zero-order chi connectivity index (χ0) is 14.3. The minimum atomic E-state index is -0.695. The van der Waals surface area contributed by atoms with E-state index in [-0.39, 0.29) is 12.2 Å².